The summed E-state index contributed by atoms with van der Waals surface area (Å²) in [5, 5.41) is 10.3. The van der Waals surface area contributed by atoms with E-state index in [4.69, 9.17) is 4.74 Å². The summed E-state index contributed by atoms with van der Waals surface area (Å²) in [6.45, 7) is 4.80. The number of hydrogen-bond acceptors (Lipinski definition) is 4. The van der Waals surface area contributed by atoms with Gasteiger partial charge in [0.25, 0.3) is 0 Å². The van der Waals surface area contributed by atoms with Crippen LogP contribution in [0.25, 0.3) is 0 Å². The summed E-state index contributed by atoms with van der Waals surface area (Å²) in [5.41, 5.74) is 1.50. The molecule has 6 heteroatoms. The van der Waals surface area contributed by atoms with Crippen molar-refractivity contribution in [2.75, 3.05) is 33.9 Å². The van der Waals surface area contributed by atoms with Crippen molar-refractivity contribution in [2.24, 2.45) is 10.4 Å². The van der Waals surface area contributed by atoms with E-state index in [0.29, 0.717) is 5.41 Å². The van der Waals surface area contributed by atoms with E-state index in [-0.39, 0.29) is 0 Å². The van der Waals surface area contributed by atoms with Gasteiger partial charge in [-0.2, -0.15) is 0 Å². The minimum atomic E-state index is 0.381. The smallest absolute Gasteiger partial charge is 0.190 e. The van der Waals surface area contributed by atoms with Gasteiger partial charge in [0.1, 0.15) is 0 Å². The average Bonchev–Trinajstić information content (AvgIpc) is 3.22. The number of methoxy groups -OCH3 is 1. The molecule has 0 unspecified atom stereocenters. The highest BCUT2D eigenvalue weighted by Gasteiger charge is 2.33. The zero-order valence-corrected chi connectivity index (χ0v) is 16.2. The van der Waals surface area contributed by atoms with Crippen LogP contribution in [0.2, 0.25) is 0 Å². The van der Waals surface area contributed by atoms with Crippen molar-refractivity contribution in [3.05, 3.63) is 16.1 Å². The summed E-state index contributed by atoms with van der Waals surface area (Å²) in [7, 11) is 3.64. The van der Waals surface area contributed by atoms with Crippen molar-refractivity contribution < 1.29 is 4.74 Å². The van der Waals surface area contributed by atoms with E-state index in [2.05, 4.69) is 26.0 Å². The van der Waals surface area contributed by atoms with Gasteiger partial charge in [-0.1, -0.05) is 12.8 Å². The van der Waals surface area contributed by atoms with Crippen LogP contribution >= 0.6 is 11.3 Å². The van der Waals surface area contributed by atoms with E-state index in [1.807, 2.05) is 14.0 Å². The van der Waals surface area contributed by atoms with Crippen LogP contribution in [0.4, 0.5) is 0 Å². The quantitative estimate of drug-likeness (QED) is 0.407. The number of ether oxygens (including phenoxy) is 1. The molecule has 1 aromatic rings. The summed E-state index contributed by atoms with van der Waals surface area (Å²) < 4.78 is 5.31. The predicted molar refractivity (Wildman–Crippen MR) is 102 cm³/mol. The Morgan fingerprint density at radius 2 is 2.17 bits per heavy atom. The molecular weight excluding hydrogens is 320 g/mol. The number of hydrogen-bond donors (Lipinski definition) is 2. The second-order valence-electron chi connectivity index (χ2n) is 6.79. The molecule has 1 fully saturated rings. The number of nitrogens with one attached hydrogen (secondary N) is 2. The van der Waals surface area contributed by atoms with E-state index in [1.54, 1.807) is 18.4 Å². The van der Waals surface area contributed by atoms with Gasteiger partial charge in [0.15, 0.2) is 5.96 Å². The first-order chi connectivity index (χ1) is 11.7. The van der Waals surface area contributed by atoms with E-state index in [1.165, 1.54) is 30.7 Å². The van der Waals surface area contributed by atoms with Gasteiger partial charge < -0.3 is 15.4 Å². The van der Waals surface area contributed by atoms with Gasteiger partial charge in [-0.05, 0) is 38.0 Å². The Morgan fingerprint density at radius 1 is 1.38 bits per heavy atom. The van der Waals surface area contributed by atoms with Gasteiger partial charge in [0, 0.05) is 51.3 Å². The maximum atomic E-state index is 5.31. The Hall–Kier alpha value is -1.14. The number of thiazole rings is 1. The van der Waals surface area contributed by atoms with E-state index in [0.717, 1.165) is 50.6 Å². The zero-order valence-electron chi connectivity index (χ0n) is 15.4. The maximum Gasteiger partial charge on any atom is 0.190 e. The Morgan fingerprint density at radius 3 is 2.79 bits per heavy atom. The van der Waals surface area contributed by atoms with Crippen LogP contribution in [0.5, 0.6) is 0 Å². The number of aliphatic imine (C=N–C) groups is 1. The molecule has 136 valence electrons. The van der Waals surface area contributed by atoms with Crippen molar-refractivity contribution >= 4 is 17.3 Å². The highest BCUT2D eigenvalue weighted by Crippen LogP contribution is 2.40. The predicted octanol–water partition coefficient (Wildman–Crippen LogP) is 3.15. The standard InChI is InChI=1S/C18H32N4OS/c1-15-13-24-16(22-15)7-6-11-20-17(19-2)21-14-18(10-12-23-3)8-4-5-9-18/h13H,4-12,14H2,1-3H3,(H2,19,20,21). The zero-order chi connectivity index (χ0) is 17.3. The molecule has 1 heterocycles. The molecule has 5 nitrogen and oxygen atoms in total. The van der Waals surface area contributed by atoms with E-state index in [9.17, 15) is 0 Å². The minimum Gasteiger partial charge on any atom is -0.385 e. The van der Waals surface area contributed by atoms with Crippen LogP contribution in [0, 0.1) is 12.3 Å². The third-order valence-corrected chi connectivity index (χ3v) is 5.91. The van der Waals surface area contributed by atoms with Crippen molar-refractivity contribution in [1.29, 1.82) is 0 Å². The average molecular weight is 353 g/mol. The molecule has 0 aliphatic heterocycles. The molecule has 0 radical (unpaired) electrons. The molecule has 0 amide bonds. The Bertz CT molecular complexity index is 509. The molecule has 1 aliphatic rings. The molecule has 1 aromatic heterocycles. The van der Waals surface area contributed by atoms with Crippen LogP contribution in [0.15, 0.2) is 10.4 Å². The van der Waals surface area contributed by atoms with Crippen LogP contribution < -0.4 is 10.6 Å². The monoisotopic (exact) mass is 352 g/mol. The van der Waals surface area contributed by atoms with Crippen molar-refractivity contribution in [1.82, 2.24) is 15.6 Å². The highest BCUT2D eigenvalue weighted by molar-refractivity contribution is 7.09. The fourth-order valence-corrected chi connectivity index (χ4v) is 4.23. The molecule has 0 aromatic carbocycles. The first kappa shape index (κ1) is 19.2. The molecule has 0 bridgehead atoms. The summed E-state index contributed by atoms with van der Waals surface area (Å²) in [6.07, 6.45) is 8.50. The second-order valence-corrected chi connectivity index (χ2v) is 7.73. The molecule has 2 rings (SSSR count). The third-order valence-electron chi connectivity index (χ3n) is 4.88. The fraction of sp³-hybridized carbons (Fsp3) is 0.778. The lowest BCUT2D eigenvalue weighted by Gasteiger charge is -2.29. The van der Waals surface area contributed by atoms with Gasteiger partial charge in [0.05, 0.1) is 5.01 Å². The molecule has 0 atom stereocenters. The van der Waals surface area contributed by atoms with Gasteiger partial charge in [-0.15, -0.1) is 11.3 Å². The van der Waals surface area contributed by atoms with Gasteiger partial charge in [-0.3, -0.25) is 4.99 Å². The van der Waals surface area contributed by atoms with Crippen molar-refractivity contribution in [3.8, 4) is 0 Å². The second kappa shape index (κ2) is 9.99. The largest absolute Gasteiger partial charge is 0.385 e. The lowest BCUT2D eigenvalue weighted by molar-refractivity contribution is 0.138. The molecule has 1 aliphatic carbocycles. The van der Waals surface area contributed by atoms with Crippen LogP contribution in [0.1, 0.15) is 49.2 Å². The number of rotatable bonds is 9. The number of nitrogens with zero attached hydrogens (tertiary/aromatic N) is 2. The SMILES string of the molecule is CN=C(NCCCc1nc(C)cs1)NCC1(CCOC)CCCC1. The molecule has 2 N–H and O–H groups in total. The van der Waals surface area contributed by atoms with Crippen molar-refractivity contribution in [3.63, 3.8) is 0 Å². The normalized spacial score (nSPS) is 17.2. The lowest BCUT2D eigenvalue weighted by atomic mass is 9.83. The number of aromatic nitrogens is 1. The summed E-state index contributed by atoms with van der Waals surface area (Å²) >= 11 is 1.75. The molecule has 1 saturated carbocycles. The van der Waals surface area contributed by atoms with Crippen molar-refractivity contribution in [2.45, 2.75) is 51.9 Å². The number of guanidine groups is 1. The molecule has 0 saturated heterocycles. The summed E-state index contributed by atoms with van der Waals surface area (Å²) in [5.74, 6) is 0.911. The summed E-state index contributed by atoms with van der Waals surface area (Å²) in [4.78, 5) is 8.87. The summed E-state index contributed by atoms with van der Waals surface area (Å²) in [6, 6.07) is 0. The Labute approximate surface area is 150 Å². The van der Waals surface area contributed by atoms with E-state index < -0.39 is 0 Å². The lowest BCUT2D eigenvalue weighted by Crippen LogP contribution is -2.43. The molecular formula is C18H32N4OS. The first-order valence-corrected chi connectivity index (χ1v) is 9.90. The van der Waals surface area contributed by atoms with Gasteiger partial charge in [-0.25, -0.2) is 4.98 Å². The molecule has 0 spiro atoms. The van der Waals surface area contributed by atoms with Gasteiger partial charge in [0.2, 0.25) is 0 Å². The Balaban J connectivity index is 1.69. The maximum absolute atomic E-state index is 5.31. The van der Waals surface area contributed by atoms with Gasteiger partial charge >= 0.3 is 0 Å². The van der Waals surface area contributed by atoms with Crippen LogP contribution in [-0.2, 0) is 11.2 Å². The number of aryl methyl sites for hydroxylation is 2. The Kier molecular flexibility index (Phi) is 7.99. The molecule has 24 heavy (non-hydrogen) atoms. The van der Waals surface area contributed by atoms with Crippen LogP contribution in [0.3, 0.4) is 0 Å². The van der Waals surface area contributed by atoms with E-state index >= 15 is 0 Å². The highest BCUT2D eigenvalue weighted by atomic mass is 32.1. The topological polar surface area (TPSA) is 58.5 Å². The first-order valence-electron chi connectivity index (χ1n) is 9.02. The van der Waals surface area contributed by atoms with Crippen LogP contribution in [-0.4, -0.2) is 44.8 Å². The minimum absolute atomic E-state index is 0.381. The fourth-order valence-electron chi connectivity index (χ4n) is 3.41. The third kappa shape index (κ3) is 6.06.